The van der Waals surface area contributed by atoms with Gasteiger partial charge in [-0.25, -0.2) is 0 Å². The molecule has 0 unspecified atom stereocenters. The zero-order chi connectivity index (χ0) is 13.8. The maximum Gasteiger partial charge on any atom is 0.291 e. The number of aryl methyl sites for hydroxylation is 1. The topological polar surface area (TPSA) is 60.7 Å². The Morgan fingerprint density at radius 1 is 1.21 bits per heavy atom. The zero-order valence-corrected chi connectivity index (χ0v) is 11.0. The zero-order valence-electron chi connectivity index (χ0n) is 11.0. The first-order valence-electron chi connectivity index (χ1n) is 5.72. The fraction of sp³-hybridized carbons (Fsp3) is 0.214. The molecule has 19 heavy (non-hydrogen) atoms. The first-order valence-corrected chi connectivity index (χ1v) is 5.72. The summed E-state index contributed by atoms with van der Waals surface area (Å²) >= 11 is 0. The first kappa shape index (κ1) is 13.0. The molecular weight excluding hydrogens is 246 g/mol. The van der Waals surface area contributed by atoms with Gasteiger partial charge in [0, 0.05) is 6.07 Å². The molecule has 1 heterocycles. The molecule has 0 radical (unpaired) electrons. The van der Waals surface area contributed by atoms with Crippen LogP contribution >= 0.6 is 0 Å². The van der Waals surface area contributed by atoms with Gasteiger partial charge in [0.2, 0.25) is 0 Å². The number of carbonyl (C=O) groups is 1. The number of rotatable bonds is 4. The van der Waals surface area contributed by atoms with Gasteiger partial charge in [-0.2, -0.15) is 0 Å². The third-order valence-corrected chi connectivity index (χ3v) is 2.61. The van der Waals surface area contributed by atoms with E-state index in [4.69, 9.17) is 13.9 Å². The highest BCUT2D eigenvalue weighted by Gasteiger charge is 2.13. The second-order valence-electron chi connectivity index (χ2n) is 4.01. The van der Waals surface area contributed by atoms with Crippen molar-refractivity contribution in [2.75, 3.05) is 19.5 Å². The molecule has 0 aliphatic carbocycles. The maximum atomic E-state index is 12.0. The summed E-state index contributed by atoms with van der Waals surface area (Å²) in [4.78, 5) is 12.0. The Morgan fingerprint density at radius 3 is 2.58 bits per heavy atom. The van der Waals surface area contributed by atoms with Crippen LogP contribution in [-0.4, -0.2) is 20.1 Å². The number of benzene rings is 1. The highest BCUT2D eigenvalue weighted by Crippen LogP contribution is 2.29. The Kier molecular flexibility index (Phi) is 3.75. The van der Waals surface area contributed by atoms with E-state index in [1.807, 2.05) is 6.92 Å². The third kappa shape index (κ3) is 2.88. The molecule has 1 amide bonds. The summed E-state index contributed by atoms with van der Waals surface area (Å²) in [6.07, 6.45) is 1.53. The smallest absolute Gasteiger partial charge is 0.291 e. The second kappa shape index (κ2) is 5.48. The monoisotopic (exact) mass is 261 g/mol. The van der Waals surface area contributed by atoms with Crippen molar-refractivity contribution < 1.29 is 18.7 Å². The molecule has 5 heteroatoms. The highest BCUT2D eigenvalue weighted by atomic mass is 16.5. The fourth-order valence-corrected chi connectivity index (χ4v) is 1.65. The van der Waals surface area contributed by atoms with E-state index in [9.17, 15) is 4.79 Å². The molecule has 0 saturated heterocycles. The summed E-state index contributed by atoms with van der Waals surface area (Å²) in [5, 5.41) is 2.73. The number of hydrogen-bond donors (Lipinski definition) is 1. The van der Waals surface area contributed by atoms with E-state index in [2.05, 4.69) is 5.32 Å². The number of anilines is 1. The minimum absolute atomic E-state index is 0.252. The van der Waals surface area contributed by atoms with E-state index in [0.717, 1.165) is 5.56 Å². The summed E-state index contributed by atoms with van der Waals surface area (Å²) in [6.45, 7) is 1.85. The van der Waals surface area contributed by atoms with Crippen molar-refractivity contribution >= 4 is 11.6 Å². The van der Waals surface area contributed by atoms with Crippen LogP contribution in [0.2, 0.25) is 0 Å². The summed E-state index contributed by atoms with van der Waals surface area (Å²) in [5.74, 6) is 1.10. The standard InChI is InChI=1S/C14H15NO4/c1-9-6-13(19-8-9)14(16)15-11-7-10(17-2)4-5-12(11)18-3/h4-8H,1-3H3,(H,15,16). The maximum absolute atomic E-state index is 12.0. The molecule has 2 aromatic rings. The molecule has 1 N–H and O–H groups in total. The van der Waals surface area contributed by atoms with Crippen LogP contribution in [0.3, 0.4) is 0 Å². The van der Waals surface area contributed by atoms with Gasteiger partial charge in [0.15, 0.2) is 5.76 Å². The van der Waals surface area contributed by atoms with Gasteiger partial charge in [0.25, 0.3) is 5.91 Å². The number of nitrogens with one attached hydrogen (secondary N) is 1. The van der Waals surface area contributed by atoms with Gasteiger partial charge in [-0.05, 0) is 30.7 Å². The van der Waals surface area contributed by atoms with Crippen molar-refractivity contribution in [2.45, 2.75) is 6.92 Å². The van der Waals surface area contributed by atoms with Gasteiger partial charge < -0.3 is 19.2 Å². The van der Waals surface area contributed by atoms with E-state index >= 15 is 0 Å². The Labute approximate surface area is 111 Å². The van der Waals surface area contributed by atoms with E-state index in [1.165, 1.54) is 13.4 Å². The van der Waals surface area contributed by atoms with E-state index in [-0.39, 0.29) is 11.7 Å². The average molecular weight is 261 g/mol. The molecule has 5 nitrogen and oxygen atoms in total. The number of hydrogen-bond acceptors (Lipinski definition) is 4. The summed E-state index contributed by atoms with van der Waals surface area (Å²) in [7, 11) is 3.10. The molecule has 1 aromatic heterocycles. The van der Waals surface area contributed by atoms with Crippen molar-refractivity contribution in [2.24, 2.45) is 0 Å². The molecule has 0 aliphatic heterocycles. The molecule has 0 spiro atoms. The summed E-state index contributed by atoms with van der Waals surface area (Å²) < 4.78 is 15.4. The van der Waals surface area contributed by atoms with Gasteiger partial charge in [-0.1, -0.05) is 0 Å². The van der Waals surface area contributed by atoms with E-state index < -0.39 is 0 Å². The molecule has 0 bridgehead atoms. The number of carbonyl (C=O) groups excluding carboxylic acids is 1. The number of ether oxygens (including phenoxy) is 2. The average Bonchev–Trinajstić information content (AvgIpc) is 2.85. The molecular formula is C14H15NO4. The number of furan rings is 1. The fourth-order valence-electron chi connectivity index (χ4n) is 1.65. The lowest BCUT2D eigenvalue weighted by molar-refractivity contribution is 0.0996. The van der Waals surface area contributed by atoms with Crippen LogP contribution in [0.5, 0.6) is 11.5 Å². The van der Waals surface area contributed by atoms with E-state index in [1.54, 1.807) is 31.4 Å². The van der Waals surface area contributed by atoms with Crippen molar-refractivity contribution in [1.82, 2.24) is 0 Å². The van der Waals surface area contributed by atoms with Crippen LogP contribution in [-0.2, 0) is 0 Å². The Balaban J connectivity index is 2.24. The third-order valence-electron chi connectivity index (χ3n) is 2.61. The minimum Gasteiger partial charge on any atom is -0.497 e. The van der Waals surface area contributed by atoms with Crippen molar-refractivity contribution in [3.63, 3.8) is 0 Å². The van der Waals surface area contributed by atoms with Gasteiger partial charge in [0.05, 0.1) is 26.2 Å². The Bertz CT molecular complexity index is 589. The highest BCUT2D eigenvalue weighted by molar-refractivity contribution is 6.03. The van der Waals surface area contributed by atoms with Gasteiger partial charge >= 0.3 is 0 Å². The minimum atomic E-state index is -0.334. The summed E-state index contributed by atoms with van der Waals surface area (Å²) in [6, 6.07) is 6.84. The van der Waals surface area contributed by atoms with Gasteiger partial charge in [-0.15, -0.1) is 0 Å². The van der Waals surface area contributed by atoms with Crippen LogP contribution < -0.4 is 14.8 Å². The molecule has 0 aliphatic rings. The number of amides is 1. The Morgan fingerprint density at radius 2 is 2.00 bits per heavy atom. The normalized spacial score (nSPS) is 10.1. The van der Waals surface area contributed by atoms with E-state index in [0.29, 0.717) is 17.2 Å². The van der Waals surface area contributed by atoms with Crippen LogP contribution in [0.25, 0.3) is 0 Å². The van der Waals surface area contributed by atoms with Crippen molar-refractivity contribution in [3.8, 4) is 11.5 Å². The van der Waals surface area contributed by atoms with Crippen LogP contribution in [0, 0.1) is 6.92 Å². The quantitative estimate of drug-likeness (QED) is 0.919. The number of methoxy groups -OCH3 is 2. The lowest BCUT2D eigenvalue weighted by Crippen LogP contribution is -2.11. The summed E-state index contributed by atoms with van der Waals surface area (Å²) in [5.41, 5.74) is 1.42. The Hall–Kier alpha value is -2.43. The molecule has 0 saturated carbocycles. The van der Waals surface area contributed by atoms with Crippen molar-refractivity contribution in [3.05, 3.63) is 41.9 Å². The largest absolute Gasteiger partial charge is 0.497 e. The van der Waals surface area contributed by atoms with Gasteiger partial charge in [-0.3, -0.25) is 4.79 Å². The molecule has 1 aromatic carbocycles. The first-order chi connectivity index (χ1) is 9.13. The molecule has 0 fully saturated rings. The van der Waals surface area contributed by atoms with Crippen LogP contribution in [0.15, 0.2) is 34.9 Å². The van der Waals surface area contributed by atoms with Crippen LogP contribution in [0.4, 0.5) is 5.69 Å². The molecule has 0 atom stereocenters. The van der Waals surface area contributed by atoms with Gasteiger partial charge in [0.1, 0.15) is 11.5 Å². The molecule has 100 valence electrons. The SMILES string of the molecule is COc1ccc(OC)c(NC(=O)c2cc(C)co2)c1. The van der Waals surface area contributed by atoms with Crippen LogP contribution in [0.1, 0.15) is 16.1 Å². The predicted molar refractivity (Wildman–Crippen MR) is 70.9 cm³/mol. The van der Waals surface area contributed by atoms with Crippen molar-refractivity contribution in [1.29, 1.82) is 0 Å². The molecule has 2 rings (SSSR count). The second-order valence-corrected chi connectivity index (χ2v) is 4.01. The lowest BCUT2D eigenvalue weighted by Gasteiger charge is -2.10. The lowest BCUT2D eigenvalue weighted by atomic mass is 10.2. The predicted octanol–water partition coefficient (Wildman–Crippen LogP) is 2.86.